The number of amides is 1. The second-order valence-electron chi connectivity index (χ2n) is 6.28. The van der Waals surface area contributed by atoms with Crippen LogP contribution in [0.15, 0.2) is 29.0 Å². The molecule has 0 spiro atoms. The Morgan fingerprint density at radius 3 is 2.50 bits per heavy atom. The summed E-state index contributed by atoms with van der Waals surface area (Å²) >= 11 is 1.63. The molecule has 0 atom stereocenters. The van der Waals surface area contributed by atoms with Gasteiger partial charge in [0.25, 0.3) is 0 Å². The van der Waals surface area contributed by atoms with Gasteiger partial charge in [0.1, 0.15) is 5.82 Å². The van der Waals surface area contributed by atoms with Crippen molar-refractivity contribution in [2.24, 2.45) is 0 Å². The minimum absolute atomic E-state index is 0.190. The summed E-state index contributed by atoms with van der Waals surface area (Å²) in [6.45, 7) is 4.21. The number of pyridine rings is 1. The number of aliphatic carboxylic acids is 1. The number of hydrogen-bond donors (Lipinski definition) is 1. The summed E-state index contributed by atoms with van der Waals surface area (Å²) in [5.74, 6) is -1.57. The Balaban J connectivity index is 0.000000345. The normalized spacial score (nSPS) is 13.9. The maximum atomic E-state index is 12.5. The standard InChI is InChI=1S/C16H19N3OS.C2HF3O2/c1-12-3-4-14-10-19(7-6-18(2)16(14)17-12)15(20)9-13-5-8-21-11-13;3-2(4,5)1(6)7/h3-5,8,11H,6-7,9-10H2,1-2H3;(H,6,7). The largest absolute Gasteiger partial charge is 0.490 e. The van der Waals surface area contributed by atoms with Gasteiger partial charge >= 0.3 is 12.1 Å². The average molecular weight is 415 g/mol. The lowest BCUT2D eigenvalue weighted by Crippen LogP contribution is -2.35. The van der Waals surface area contributed by atoms with Crippen molar-refractivity contribution >= 4 is 29.0 Å². The SMILES string of the molecule is Cc1ccc2c(n1)N(C)CCN(C(=O)Cc1ccsc1)C2.O=C(O)C(F)(F)F. The molecule has 0 saturated carbocycles. The summed E-state index contributed by atoms with van der Waals surface area (Å²) in [6, 6.07) is 6.12. The van der Waals surface area contributed by atoms with Gasteiger partial charge < -0.3 is 14.9 Å². The van der Waals surface area contributed by atoms with E-state index in [-0.39, 0.29) is 5.91 Å². The van der Waals surface area contributed by atoms with Gasteiger partial charge in [-0.15, -0.1) is 0 Å². The van der Waals surface area contributed by atoms with Gasteiger partial charge in [-0.25, -0.2) is 9.78 Å². The van der Waals surface area contributed by atoms with Crippen LogP contribution in [-0.4, -0.2) is 53.2 Å². The van der Waals surface area contributed by atoms with Gasteiger partial charge in [0.2, 0.25) is 5.91 Å². The summed E-state index contributed by atoms with van der Waals surface area (Å²) < 4.78 is 31.7. The van der Waals surface area contributed by atoms with Crippen molar-refractivity contribution in [3.63, 3.8) is 0 Å². The number of aromatic nitrogens is 1. The predicted molar refractivity (Wildman–Crippen MR) is 99.4 cm³/mol. The van der Waals surface area contributed by atoms with Crippen molar-refractivity contribution in [1.29, 1.82) is 0 Å². The zero-order valence-corrected chi connectivity index (χ0v) is 16.2. The number of carboxylic acid groups (broad SMARTS) is 1. The van der Waals surface area contributed by atoms with E-state index in [1.54, 1.807) is 11.3 Å². The van der Waals surface area contributed by atoms with E-state index in [4.69, 9.17) is 9.90 Å². The maximum Gasteiger partial charge on any atom is 0.490 e. The molecular formula is C18H20F3N3O3S. The van der Waals surface area contributed by atoms with E-state index >= 15 is 0 Å². The Morgan fingerprint density at radius 2 is 1.93 bits per heavy atom. The van der Waals surface area contributed by atoms with Crippen LogP contribution in [0.25, 0.3) is 0 Å². The summed E-state index contributed by atoms with van der Waals surface area (Å²) in [6.07, 6.45) is -4.60. The molecule has 152 valence electrons. The van der Waals surface area contributed by atoms with Gasteiger partial charge in [-0.05, 0) is 35.4 Å². The van der Waals surface area contributed by atoms with Crippen LogP contribution in [0.1, 0.15) is 16.8 Å². The fraction of sp³-hybridized carbons (Fsp3) is 0.389. The molecule has 0 radical (unpaired) electrons. The minimum atomic E-state index is -5.08. The molecule has 3 heterocycles. The number of hydrogen-bond acceptors (Lipinski definition) is 5. The lowest BCUT2D eigenvalue weighted by molar-refractivity contribution is -0.192. The van der Waals surface area contributed by atoms with Crippen LogP contribution in [-0.2, 0) is 22.6 Å². The van der Waals surface area contributed by atoms with Gasteiger partial charge in [-0.3, -0.25) is 4.79 Å². The Bertz CT molecular complexity index is 825. The quantitative estimate of drug-likeness (QED) is 0.816. The van der Waals surface area contributed by atoms with Crippen molar-refractivity contribution in [3.8, 4) is 0 Å². The molecule has 6 nitrogen and oxygen atoms in total. The van der Waals surface area contributed by atoms with E-state index in [1.165, 1.54) is 0 Å². The fourth-order valence-electron chi connectivity index (χ4n) is 2.58. The van der Waals surface area contributed by atoms with E-state index in [0.717, 1.165) is 35.7 Å². The topological polar surface area (TPSA) is 73.7 Å². The predicted octanol–water partition coefficient (Wildman–Crippen LogP) is 3.11. The van der Waals surface area contributed by atoms with Crippen LogP contribution in [0.3, 0.4) is 0 Å². The number of nitrogens with zero attached hydrogens (tertiary/aromatic N) is 3. The second-order valence-corrected chi connectivity index (χ2v) is 7.06. The number of likely N-dealkylation sites (N-methyl/N-ethyl adjacent to an activating group) is 1. The molecule has 0 saturated heterocycles. The molecule has 0 aromatic carbocycles. The first-order valence-corrected chi connectivity index (χ1v) is 9.29. The zero-order valence-electron chi connectivity index (χ0n) is 15.4. The van der Waals surface area contributed by atoms with Gasteiger partial charge in [0.05, 0.1) is 6.42 Å². The molecule has 1 amide bonds. The van der Waals surface area contributed by atoms with Crippen molar-refractivity contribution in [1.82, 2.24) is 9.88 Å². The average Bonchev–Trinajstić information content (AvgIpc) is 3.06. The number of rotatable bonds is 2. The third-order valence-corrected chi connectivity index (χ3v) is 4.79. The van der Waals surface area contributed by atoms with Crippen LogP contribution in [0.4, 0.5) is 19.0 Å². The number of carbonyl (C=O) groups excluding carboxylic acids is 1. The summed E-state index contributed by atoms with van der Waals surface area (Å²) in [7, 11) is 2.04. The highest BCUT2D eigenvalue weighted by molar-refractivity contribution is 7.08. The molecule has 1 N–H and O–H groups in total. The van der Waals surface area contributed by atoms with Crippen LogP contribution in [0, 0.1) is 6.92 Å². The molecule has 3 rings (SSSR count). The lowest BCUT2D eigenvalue weighted by atomic mass is 10.2. The number of fused-ring (bicyclic) bond motifs is 1. The Kier molecular flexibility index (Phi) is 7.00. The van der Waals surface area contributed by atoms with Crippen molar-refractivity contribution < 1.29 is 27.9 Å². The molecule has 2 aromatic rings. The Hall–Kier alpha value is -2.62. The number of halogens is 3. The van der Waals surface area contributed by atoms with E-state index in [2.05, 4.69) is 16.0 Å². The maximum absolute atomic E-state index is 12.5. The first kappa shape index (κ1) is 21.7. The highest BCUT2D eigenvalue weighted by atomic mass is 32.1. The minimum Gasteiger partial charge on any atom is -0.475 e. The highest BCUT2D eigenvalue weighted by Crippen LogP contribution is 2.23. The van der Waals surface area contributed by atoms with Gasteiger partial charge in [0.15, 0.2) is 0 Å². The molecule has 0 fully saturated rings. The van der Waals surface area contributed by atoms with Crippen LogP contribution < -0.4 is 4.90 Å². The first-order chi connectivity index (χ1) is 13.1. The third kappa shape index (κ3) is 5.95. The van der Waals surface area contributed by atoms with E-state index in [0.29, 0.717) is 13.0 Å². The van der Waals surface area contributed by atoms with Crippen molar-refractivity contribution in [3.05, 3.63) is 45.8 Å². The van der Waals surface area contributed by atoms with E-state index in [9.17, 15) is 18.0 Å². The summed E-state index contributed by atoms with van der Waals surface area (Å²) in [5.41, 5.74) is 3.24. The van der Waals surface area contributed by atoms with Gasteiger partial charge in [-0.1, -0.05) is 6.07 Å². The smallest absolute Gasteiger partial charge is 0.475 e. The molecule has 1 aliphatic rings. The Morgan fingerprint density at radius 1 is 1.25 bits per heavy atom. The van der Waals surface area contributed by atoms with Gasteiger partial charge in [0, 0.05) is 37.9 Å². The second kappa shape index (κ2) is 9.05. The molecular weight excluding hydrogens is 395 g/mol. The molecule has 0 unspecified atom stereocenters. The van der Waals surface area contributed by atoms with Crippen LogP contribution in [0.2, 0.25) is 0 Å². The van der Waals surface area contributed by atoms with Crippen molar-refractivity contribution in [2.45, 2.75) is 26.1 Å². The number of alkyl halides is 3. The summed E-state index contributed by atoms with van der Waals surface area (Å²) in [4.78, 5) is 30.1. The fourth-order valence-corrected chi connectivity index (χ4v) is 3.25. The zero-order chi connectivity index (χ0) is 20.9. The summed E-state index contributed by atoms with van der Waals surface area (Å²) in [5, 5.41) is 11.2. The third-order valence-electron chi connectivity index (χ3n) is 4.05. The monoisotopic (exact) mass is 415 g/mol. The number of aryl methyl sites for hydroxylation is 1. The molecule has 28 heavy (non-hydrogen) atoms. The van der Waals surface area contributed by atoms with Gasteiger partial charge in [-0.2, -0.15) is 24.5 Å². The number of anilines is 1. The molecule has 0 aliphatic carbocycles. The van der Waals surface area contributed by atoms with Crippen LogP contribution >= 0.6 is 11.3 Å². The number of carboxylic acids is 1. The molecule has 0 bridgehead atoms. The van der Waals surface area contributed by atoms with E-state index < -0.39 is 12.1 Å². The van der Waals surface area contributed by atoms with E-state index in [1.807, 2.05) is 41.8 Å². The molecule has 1 aliphatic heterocycles. The Labute approximate surface area is 164 Å². The van der Waals surface area contributed by atoms with Crippen molar-refractivity contribution in [2.75, 3.05) is 25.0 Å². The number of thiophene rings is 1. The van der Waals surface area contributed by atoms with Crippen LogP contribution in [0.5, 0.6) is 0 Å². The molecule has 10 heteroatoms. The molecule has 2 aromatic heterocycles. The highest BCUT2D eigenvalue weighted by Gasteiger charge is 2.38. The number of carbonyl (C=O) groups is 2. The first-order valence-electron chi connectivity index (χ1n) is 8.34. The lowest BCUT2D eigenvalue weighted by Gasteiger charge is -2.20.